The molecule has 2 fully saturated rings. The quantitative estimate of drug-likeness (QED) is 0.367. The molecule has 1 amide bonds. The van der Waals surface area contributed by atoms with Gasteiger partial charge in [-0.2, -0.15) is 0 Å². The lowest BCUT2D eigenvalue weighted by atomic mass is 9.89. The minimum Gasteiger partial charge on any atom is -0.346 e. The molecule has 9 heteroatoms. The molecule has 4 aromatic rings. The Morgan fingerprint density at radius 3 is 2.66 bits per heavy atom. The molecule has 0 unspecified atom stereocenters. The second-order valence-electron chi connectivity index (χ2n) is 10.8. The van der Waals surface area contributed by atoms with Crippen LogP contribution in [0.1, 0.15) is 59.9 Å². The third-order valence-corrected chi connectivity index (χ3v) is 8.32. The number of imidazole rings is 1. The summed E-state index contributed by atoms with van der Waals surface area (Å²) in [7, 11) is 0. The molecule has 0 saturated heterocycles. The molecule has 192 valence electrons. The number of H-pyrrole nitrogens is 1. The third kappa shape index (κ3) is 4.04. The summed E-state index contributed by atoms with van der Waals surface area (Å²) in [6.07, 6.45) is 11.8. The molecule has 1 spiro atoms. The van der Waals surface area contributed by atoms with E-state index in [0.29, 0.717) is 24.6 Å². The van der Waals surface area contributed by atoms with Gasteiger partial charge in [-0.3, -0.25) is 14.6 Å². The molecule has 1 atom stereocenters. The number of pyridine rings is 2. The molecular formula is C29H25ClFN5O2. The number of nitrogens with one attached hydrogen (secondary N) is 2. The van der Waals surface area contributed by atoms with Crippen LogP contribution in [0.5, 0.6) is 0 Å². The van der Waals surface area contributed by atoms with E-state index in [1.165, 1.54) is 6.07 Å². The zero-order valence-corrected chi connectivity index (χ0v) is 21.3. The van der Waals surface area contributed by atoms with E-state index in [9.17, 15) is 9.59 Å². The molecule has 2 aliphatic carbocycles. The van der Waals surface area contributed by atoms with E-state index in [1.54, 1.807) is 41.5 Å². The number of fused-ring (bicyclic) bond motifs is 3. The Kier molecular flexibility index (Phi) is 5.30. The monoisotopic (exact) mass is 529 g/mol. The largest absolute Gasteiger partial charge is 0.346 e. The van der Waals surface area contributed by atoms with Crippen molar-refractivity contribution in [3.8, 4) is 22.4 Å². The van der Waals surface area contributed by atoms with E-state index in [2.05, 4.69) is 20.3 Å². The van der Waals surface area contributed by atoms with Crippen LogP contribution < -0.4 is 10.9 Å². The summed E-state index contributed by atoms with van der Waals surface area (Å²) in [4.78, 5) is 39.3. The van der Waals surface area contributed by atoms with Gasteiger partial charge in [0.2, 0.25) is 0 Å². The molecule has 7 rings (SSSR count). The molecule has 38 heavy (non-hydrogen) atoms. The normalized spacial score (nSPS) is 18.2. The van der Waals surface area contributed by atoms with Gasteiger partial charge in [-0.1, -0.05) is 30.5 Å². The third-order valence-electron chi connectivity index (χ3n) is 8.03. The highest BCUT2D eigenvalue weighted by Crippen LogP contribution is 2.45. The Balaban J connectivity index is 1.38. The molecule has 2 N–H and O–H groups in total. The first kappa shape index (κ1) is 23.3. The Bertz CT molecular complexity index is 1640. The van der Waals surface area contributed by atoms with Gasteiger partial charge in [-0.25, -0.2) is 9.37 Å². The van der Waals surface area contributed by atoms with Crippen molar-refractivity contribution in [1.29, 1.82) is 0 Å². The number of carbonyl (C=O) groups excluding carboxylic acids is 1. The fourth-order valence-electron chi connectivity index (χ4n) is 5.59. The highest BCUT2D eigenvalue weighted by Gasteiger charge is 2.46. The van der Waals surface area contributed by atoms with Crippen molar-refractivity contribution in [1.82, 2.24) is 24.8 Å². The van der Waals surface area contributed by atoms with Crippen molar-refractivity contribution < 1.29 is 9.18 Å². The lowest BCUT2D eigenvalue weighted by molar-refractivity contribution is 0.0930. The topological polar surface area (TPSA) is 92.7 Å². The predicted molar refractivity (Wildman–Crippen MR) is 142 cm³/mol. The first-order chi connectivity index (χ1) is 18.4. The maximum absolute atomic E-state index is 15.5. The average Bonchev–Trinajstić information content (AvgIpc) is 3.83. The molecule has 7 nitrogen and oxygen atoms in total. The van der Waals surface area contributed by atoms with Gasteiger partial charge >= 0.3 is 0 Å². The van der Waals surface area contributed by atoms with Gasteiger partial charge in [-0.05, 0) is 55.4 Å². The first-order valence-corrected chi connectivity index (χ1v) is 13.3. The van der Waals surface area contributed by atoms with E-state index < -0.39 is 17.4 Å². The van der Waals surface area contributed by atoms with E-state index in [0.717, 1.165) is 42.5 Å². The van der Waals surface area contributed by atoms with Crippen molar-refractivity contribution in [2.45, 2.75) is 50.1 Å². The van der Waals surface area contributed by atoms with Crippen LogP contribution in [0.25, 0.3) is 22.4 Å². The van der Waals surface area contributed by atoms with Crippen molar-refractivity contribution in [2.75, 3.05) is 0 Å². The van der Waals surface area contributed by atoms with Crippen LogP contribution in [0.15, 0.2) is 59.9 Å². The lowest BCUT2D eigenvalue weighted by Gasteiger charge is -2.26. The standard InChI is InChI=1S/C29H25ClFN5O2/c30-21-4-3-18-13-29(7-8-29)35-28(38)20-15-36(24(37)12-19(20)25(18)26(21)31)23(11-16-1-2-16)27-33-14-22(34-27)17-5-9-32-10-6-17/h3-6,9-10,12,14-16,23H,1-2,7-8,11,13H2,(H,33,34)(H,35,38)/t23-/m1/s1. The van der Waals surface area contributed by atoms with Crippen LogP contribution in [-0.4, -0.2) is 31.0 Å². The summed E-state index contributed by atoms with van der Waals surface area (Å²) >= 11 is 6.17. The van der Waals surface area contributed by atoms with E-state index in [1.807, 2.05) is 12.1 Å². The molecule has 0 bridgehead atoms. The molecule has 2 saturated carbocycles. The van der Waals surface area contributed by atoms with Crippen LogP contribution in [0.2, 0.25) is 5.02 Å². The number of hydrogen-bond donors (Lipinski definition) is 2. The van der Waals surface area contributed by atoms with Gasteiger partial charge in [0.1, 0.15) is 11.6 Å². The summed E-state index contributed by atoms with van der Waals surface area (Å²) in [5.74, 6) is 0.211. The van der Waals surface area contributed by atoms with Gasteiger partial charge in [0.05, 0.1) is 28.5 Å². The number of amides is 1. The van der Waals surface area contributed by atoms with Crippen LogP contribution in [-0.2, 0) is 6.42 Å². The second kappa shape index (κ2) is 8.63. The molecular weight excluding hydrogens is 505 g/mol. The first-order valence-electron chi connectivity index (χ1n) is 12.9. The highest BCUT2D eigenvalue weighted by molar-refractivity contribution is 6.31. The fraction of sp³-hybridized carbons (Fsp3) is 0.310. The average molecular weight is 530 g/mol. The van der Waals surface area contributed by atoms with Gasteiger partial charge in [0.25, 0.3) is 11.5 Å². The molecule has 1 aliphatic heterocycles. The number of nitrogens with zero attached hydrogens (tertiary/aromatic N) is 3. The Labute approximate surface area is 223 Å². The summed E-state index contributed by atoms with van der Waals surface area (Å²) in [5, 5.41) is 3.13. The summed E-state index contributed by atoms with van der Waals surface area (Å²) < 4.78 is 17.1. The Morgan fingerprint density at radius 2 is 1.92 bits per heavy atom. The summed E-state index contributed by atoms with van der Waals surface area (Å²) in [5.41, 5.74) is 2.57. The maximum atomic E-state index is 15.5. The van der Waals surface area contributed by atoms with Gasteiger partial charge in [0, 0.05) is 46.9 Å². The van der Waals surface area contributed by atoms with E-state index in [-0.39, 0.29) is 33.2 Å². The van der Waals surface area contributed by atoms with Gasteiger partial charge in [-0.15, -0.1) is 0 Å². The van der Waals surface area contributed by atoms with Gasteiger partial charge in [0.15, 0.2) is 0 Å². The Morgan fingerprint density at radius 1 is 1.13 bits per heavy atom. The smallest absolute Gasteiger partial charge is 0.253 e. The molecule has 1 aromatic carbocycles. The van der Waals surface area contributed by atoms with Crippen LogP contribution in [0, 0.1) is 11.7 Å². The van der Waals surface area contributed by atoms with Crippen LogP contribution in [0.4, 0.5) is 4.39 Å². The highest BCUT2D eigenvalue weighted by atomic mass is 35.5. The van der Waals surface area contributed by atoms with Crippen molar-refractivity contribution in [3.05, 3.63) is 93.3 Å². The molecule has 3 aliphatic rings. The minimum absolute atomic E-state index is 0.0319. The zero-order valence-electron chi connectivity index (χ0n) is 20.5. The van der Waals surface area contributed by atoms with Crippen molar-refractivity contribution in [3.63, 3.8) is 0 Å². The maximum Gasteiger partial charge on any atom is 0.253 e. The number of benzene rings is 1. The summed E-state index contributed by atoms with van der Waals surface area (Å²) in [6.45, 7) is 0. The Hall–Kier alpha value is -3.78. The number of carbonyl (C=O) groups is 1. The fourth-order valence-corrected chi connectivity index (χ4v) is 5.75. The van der Waals surface area contributed by atoms with Crippen LogP contribution in [0.3, 0.4) is 0 Å². The van der Waals surface area contributed by atoms with E-state index in [4.69, 9.17) is 11.6 Å². The molecule has 0 radical (unpaired) electrons. The van der Waals surface area contributed by atoms with E-state index >= 15 is 4.39 Å². The minimum atomic E-state index is -0.601. The number of rotatable bonds is 5. The zero-order chi connectivity index (χ0) is 26.0. The SMILES string of the molecule is O=C1NC2(CC2)Cc2ccc(Cl)c(F)c2-c2cc(=O)n([C@H](CC3CC3)c3ncc(-c4ccncc4)[nH]3)cc21. The second-order valence-corrected chi connectivity index (χ2v) is 11.2. The number of hydrogen-bond acceptors (Lipinski definition) is 4. The summed E-state index contributed by atoms with van der Waals surface area (Å²) in [6, 6.07) is 8.10. The predicted octanol–water partition coefficient (Wildman–Crippen LogP) is 5.30. The van der Waals surface area contributed by atoms with Crippen molar-refractivity contribution in [2.24, 2.45) is 5.92 Å². The van der Waals surface area contributed by atoms with Crippen molar-refractivity contribution >= 4 is 17.5 Å². The van der Waals surface area contributed by atoms with Crippen LogP contribution >= 0.6 is 11.6 Å². The lowest BCUT2D eigenvalue weighted by Crippen LogP contribution is -2.41. The number of aromatic nitrogens is 4. The molecule has 4 heterocycles. The van der Waals surface area contributed by atoms with Gasteiger partial charge < -0.3 is 14.9 Å². The number of aromatic amines is 1. The molecule has 3 aromatic heterocycles. The number of halogens is 2.